The Balaban J connectivity index is 1.85. The van der Waals surface area contributed by atoms with Crippen LogP contribution < -0.4 is 4.90 Å². The van der Waals surface area contributed by atoms with E-state index in [4.69, 9.17) is 11.6 Å². The van der Waals surface area contributed by atoms with Crippen LogP contribution in [0.3, 0.4) is 0 Å². The lowest BCUT2D eigenvalue weighted by atomic mass is 9.96. The molecule has 3 amide bonds. The molecule has 2 aliphatic heterocycles. The zero-order valence-corrected chi connectivity index (χ0v) is 16.7. The van der Waals surface area contributed by atoms with Gasteiger partial charge in [0.05, 0.1) is 6.04 Å². The molecule has 0 aliphatic carbocycles. The average Bonchev–Trinajstić information content (AvgIpc) is 2.83. The minimum atomic E-state index is -0.363. The second-order valence-electron chi connectivity index (χ2n) is 7.43. The molecule has 4 rings (SSSR count). The Morgan fingerprint density at radius 3 is 2.46 bits per heavy atom. The molecule has 0 N–H and O–H groups in total. The van der Waals surface area contributed by atoms with E-state index in [9.17, 15) is 9.59 Å². The van der Waals surface area contributed by atoms with Gasteiger partial charge in [0.1, 0.15) is 6.54 Å². The van der Waals surface area contributed by atoms with Gasteiger partial charge in [-0.3, -0.25) is 4.79 Å². The van der Waals surface area contributed by atoms with Crippen LogP contribution in [0.1, 0.15) is 36.4 Å². The van der Waals surface area contributed by atoms with Crippen LogP contribution in [-0.4, -0.2) is 48.4 Å². The summed E-state index contributed by atoms with van der Waals surface area (Å²) in [5, 5.41) is 0.591. The molecular formula is C22H24ClN3O2. The highest BCUT2D eigenvalue weighted by Gasteiger charge is 2.37. The van der Waals surface area contributed by atoms with Gasteiger partial charge < -0.3 is 14.7 Å². The van der Waals surface area contributed by atoms with Crippen molar-refractivity contribution in [1.82, 2.24) is 9.80 Å². The molecule has 0 aromatic heterocycles. The molecule has 6 heteroatoms. The van der Waals surface area contributed by atoms with Gasteiger partial charge in [0.2, 0.25) is 5.91 Å². The van der Waals surface area contributed by atoms with Crippen LogP contribution in [0.15, 0.2) is 48.5 Å². The summed E-state index contributed by atoms with van der Waals surface area (Å²) in [6, 6.07) is 15.0. The SMILES string of the molecule is CN1C(=O)CN(C(=O)N2CCCCC2)C(c2ccccc2)c2cc(Cl)ccc21. The van der Waals surface area contributed by atoms with Crippen molar-refractivity contribution in [2.24, 2.45) is 0 Å². The number of nitrogens with zero attached hydrogens (tertiary/aromatic N) is 3. The van der Waals surface area contributed by atoms with Crippen molar-refractivity contribution in [2.75, 3.05) is 31.6 Å². The number of hydrogen-bond acceptors (Lipinski definition) is 2. The van der Waals surface area contributed by atoms with Crippen molar-refractivity contribution < 1.29 is 9.59 Å². The number of carbonyl (C=O) groups is 2. The van der Waals surface area contributed by atoms with Crippen molar-refractivity contribution in [3.8, 4) is 0 Å². The highest BCUT2D eigenvalue weighted by atomic mass is 35.5. The molecule has 28 heavy (non-hydrogen) atoms. The van der Waals surface area contributed by atoms with Crippen LogP contribution >= 0.6 is 11.6 Å². The molecule has 1 fully saturated rings. The van der Waals surface area contributed by atoms with Gasteiger partial charge >= 0.3 is 6.03 Å². The number of amides is 3. The van der Waals surface area contributed by atoms with Gasteiger partial charge in [-0.1, -0.05) is 41.9 Å². The van der Waals surface area contributed by atoms with E-state index >= 15 is 0 Å². The summed E-state index contributed by atoms with van der Waals surface area (Å²) in [5.74, 6) is -0.104. The zero-order chi connectivity index (χ0) is 19.7. The molecule has 1 saturated heterocycles. The first-order valence-electron chi connectivity index (χ1n) is 9.73. The molecule has 2 aromatic rings. The Kier molecular flexibility index (Phi) is 5.27. The standard InChI is InChI=1S/C22H24ClN3O2/c1-24-19-11-10-17(23)14-18(19)21(16-8-4-2-5-9-16)26(15-20(24)27)22(28)25-12-6-3-7-13-25/h2,4-5,8-11,14,21H,3,6-7,12-13,15H2,1H3. The molecule has 1 atom stereocenters. The highest BCUT2D eigenvalue weighted by molar-refractivity contribution is 6.30. The van der Waals surface area contributed by atoms with E-state index in [1.807, 2.05) is 47.4 Å². The minimum Gasteiger partial charge on any atom is -0.325 e. The molecule has 2 aromatic carbocycles. The average molecular weight is 398 g/mol. The Morgan fingerprint density at radius 1 is 1.04 bits per heavy atom. The predicted octanol–water partition coefficient (Wildman–Crippen LogP) is 4.31. The molecule has 1 unspecified atom stereocenters. The van der Waals surface area contributed by atoms with E-state index in [2.05, 4.69) is 0 Å². The summed E-state index contributed by atoms with van der Waals surface area (Å²) in [6.45, 7) is 1.52. The van der Waals surface area contributed by atoms with Gasteiger partial charge in [0.25, 0.3) is 0 Å². The number of hydrogen-bond donors (Lipinski definition) is 0. The molecule has 0 spiro atoms. The van der Waals surface area contributed by atoms with Crippen LogP contribution in [0.25, 0.3) is 0 Å². The first-order chi connectivity index (χ1) is 13.6. The monoisotopic (exact) mass is 397 g/mol. The summed E-state index contributed by atoms with van der Waals surface area (Å²) in [7, 11) is 1.76. The summed E-state index contributed by atoms with van der Waals surface area (Å²) >= 11 is 6.33. The third kappa shape index (κ3) is 3.47. The highest BCUT2D eigenvalue weighted by Crippen LogP contribution is 2.39. The molecule has 2 aliphatic rings. The fraction of sp³-hybridized carbons (Fsp3) is 0.364. The largest absolute Gasteiger partial charge is 0.325 e. The summed E-state index contributed by atoms with van der Waals surface area (Å²) in [6.07, 6.45) is 3.16. The van der Waals surface area contributed by atoms with Crippen LogP contribution in [-0.2, 0) is 4.79 Å². The summed E-state index contributed by atoms with van der Waals surface area (Å²) in [4.78, 5) is 31.6. The predicted molar refractivity (Wildman–Crippen MR) is 111 cm³/mol. The molecule has 0 bridgehead atoms. The van der Waals surface area contributed by atoms with Crippen LogP contribution in [0.4, 0.5) is 10.5 Å². The Labute approximate surface area is 170 Å². The fourth-order valence-corrected chi connectivity index (χ4v) is 4.32. The van der Waals surface area contributed by atoms with Gasteiger partial charge in [-0.05, 0) is 43.0 Å². The number of benzene rings is 2. The number of urea groups is 1. The van der Waals surface area contributed by atoms with Crippen LogP contribution in [0.5, 0.6) is 0 Å². The zero-order valence-electron chi connectivity index (χ0n) is 16.0. The number of piperidine rings is 1. The Morgan fingerprint density at radius 2 is 1.75 bits per heavy atom. The van der Waals surface area contributed by atoms with Crippen molar-refractivity contribution in [1.29, 1.82) is 0 Å². The third-order valence-corrected chi connectivity index (χ3v) is 5.86. The lowest BCUT2D eigenvalue weighted by Crippen LogP contribution is -2.49. The number of anilines is 1. The minimum absolute atomic E-state index is 0.0394. The number of likely N-dealkylation sites (N-methyl/N-ethyl adjacent to an activating group) is 1. The van der Waals surface area contributed by atoms with Crippen molar-refractivity contribution in [3.63, 3.8) is 0 Å². The molecule has 146 valence electrons. The van der Waals surface area contributed by atoms with E-state index in [0.717, 1.165) is 49.2 Å². The smallest absolute Gasteiger partial charge is 0.321 e. The van der Waals surface area contributed by atoms with Crippen LogP contribution in [0, 0.1) is 0 Å². The molecule has 2 heterocycles. The molecular weight excluding hydrogens is 374 g/mol. The van der Waals surface area contributed by atoms with Gasteiger partial charge in [0, 0.05) is 36.4 Å². The lowest BCUT2D eigenvalue weighted by Gasteiger charge is -2.36. The second kappa shape index (κ2) is 7.84. The molecule has 0 radical (unpaired) electrons. The van der Waals surface area contributed by atoms with E-state index in [-0.39, 0.29) is 24.5 Å². The Hall–Kier alpha value is -2.53. The maximum atomic E-state index is 13.5. The van der Waals surface area contributed by atoms with Gasteiger partial charge in [-0.15, -0.1) is 0 Å². The normalized spacial score (nSPS) is 20.0. The Bertz CT molecular complexity index is 881. The van der Waals surface area contributed by atoms with Gasteiger partial charge in [-0.2, -0.15) is 0 Å². The quantitative estimate of drug-likeness (QED) is 0.719. The number of carbonyl (C=O) groups excluding carboxylic acids is 2. The molecule has 0 saturated carbocycles. The van der Waals surface area contributed by atoms with E-state index < -0.39 is 0 Å². The van der Waals surface area contributed by atoms with Crippen molar-refractivity contribution in [3.05, 3.63) is 64.7 Å². The second-order valence-corrected chi connectivity index (χ2v) is 7.86. The number of rotatable bonds is 1. The number of halogens is 1. The first-order valence-corrected chi connectivity index (χ1v) is 10.1. The first kappa shape index (κ1) is 18.8. The van der Waals surface area contributed by atoms with Crippen molar-refractivity contribution in [2.45, 2.75) is 25.3 Å². The van der Waals surface area contributed by atoms with Crippen molar-refractivity contribution >= 4 is 29.2 Å². The topological polar surface area (TPSA) is 43.9 Å². The third-order valence-electron chi connectivity index (χ3n) is 5.62. The van der Waals surface area contributed by atoms with Gasteiger partial charge in [-0.25, -0.2) is 4.79 Å². The summed E-state index contributed by atoms with van der Waals surface area (Å²) in [5.41, 5.74) is 2.63. The lowest BCUT2D eigenvalue weighted by molar-refractivity contribution is -0.119. The summed E-state index contributed by atoms with van der Waals surface area (Å²) < 4.78 is 0. The number of fused-ring (bicyclic) bond motifs is 1. The van der Waals surface area contributed by atoms with E-state index in [1.165, 1.54) is 0 Å². The molecule has 5 nitrogen and oxygen atoms in total. The maximum absolute atomic E-state index is 13.5. The van der Waals surface area contributed by atoms with Crippen LogP contribution in [0.2, 0.25) is 5.02 Å². The maximum Gasteiger partial charge on any atom is 0.321 e. The van der Waals surface area contributed by atoms with E-state index in [0.29, 0.717) is 5.02 Å². The van der Waals surface area contributed by atoms with Gasteiger partial charge in [0.15, 0.2) is 0 Å². The number of likely N-dealkylation sites (tertiary alicyclic amines) is 1. The van der Waals surface area contributed by atoms with E-state index in [1.54, 1.807) is 22.9 Å². The fourth-order valence-electron chi connectivity index (χ4n) is 4.13.